The van der Waals surface area contributed by atoms with Crippen molar-refractivity contribution in [1.29, 1.82) is 0 Å². The molecule has 6 heteroatoms. The van der Waals surface area contributed by atoms with Crippen LogP contribution in [0.5, 0.6) is 11.6 Å². The van der Waals surface area contributed by atoms with E-state index in [1.807, 2.05) is 0 Å². The van der Waals surface area contributed by atoms with E-state index in [1.165, 1.54) is 24.4 Å². The maximum Gasteiger partial charge on any atom is 0.242 e. The van der Waals surface area contributed by atoms with Gasteiger partial charge in [-0.2, -0.15) is 0 Å². The van der Waals surface area contributed by atoms with Crippen LogP contribution >= 0.6 is 27.5 Å². The Hall–Kier alpha value is -1.33. The van der Waals surface area contributed by atoms with Crippen LogP contribution in [0, 0.1) is 5.82 Å². The lowest BCUT2D eigenvalue weighted by atomic mass is 10.3. The predicted octanol–water partition coefficient (Wildman–Crippen LogP) is 4.01. The summed E-state index contributed by atoms with van der Waals surface area (Å²) in [4.78, 5) is 3.98. The second-order valence-electron chi connectivity index (χ2n) is 3.23. The molecule has 0 saturated carbocycles. The molecule has 0 aliphatic heterocycles. The zero-order valence-corrected chi connectivity index (χ0v) is 10.8. The second kappa shape index (κ2) is 4.89. The topological polar surface area (TPSA) is 48.1 Å². The molecule has 17 heavy (non-hydrogen) atoms. The molecule has 3 nitrogen and oxygen atoms in total. The van der Waals surface area contributed by atoms with Gasteiger partial charge in [-0.3, -0.25) is 0 Å². The van der Waals surface area contributed by atoms with Gasteiger partial charge >= 0.3 is 0 Å². The maximum absolute atomic E-state index is 13.2. The zero-order chi connectivity index (χ0) is 12.4. The number of ether oxygens (including phenoxy) is 1. The summed E-state index contributed by atoms with van der Waals surface area (Å²) in [5.41, 5.74) is 6.06. The van der Waals surface area contributed by atoms with Crippen molar-refractivity contribution < 1.29 is 9.13 Å². The highest BCUT2D eigenvalue weighted by atomic mass is 79.9. The molecule has 2 N–H and O–H groups in total. The van der Waals surface area contributed by atoms with Gasteiger partial charge < -0.3 is 10.5 Å². The van der Waals surface area contributed by atoms with Crippen molar-refractivity contribution in [3.05, 3.63) is 45.8 Å². The number of hydrogen-bond acceptors (Lipinski definition) is 3. The van der Waals surface area contributed by atoms with E-state index in [2.05, 4.69) is 20.9 Å². The third kappa shape index (κ3) is 2.87. The first-order valence-corrected chi connectivity index (χ1v) is 5.77. The summed E-state index contributed by atoms with van der Waals surface area (Å²) in [5.74, 6) is -0.0526. The number of aromatic nitrogens is 1. The van der Waals surface area contributed by atoms with E-state index >= 15 is 0 Å². The normalized spacial score (nSPS) is 10.3. The number of anilines is 1. The summed E-state index contributed by atoms with van der Waals surface area (Å²) >= 11 is 8.79. The van der Waals surface area contributed by atoms with Crippen LogP contribution in [0.2, 0.25) is 5.02 Å². The molecule has 1 aromatic heterocycles. The standard InChI is InChI=1S/C11H7BrClFN2O/c12-6-3-10(15)11(16-5-6)17-7-1-2-8(13)9(14)4-7/h1-5H,15H2. The van der Waals surface area contributed by atoms with Crippen LogP contribution in [0.1, 0.15) is 0 Å². The number of hydrogen-bond donors (Lipinski definition) is 1. The number of rotatable bonds is 2. The fourth-order valence-corrected chi connectivity index (χ4v) is 1.65. The van der Waals surface area contributed by atoms with Crippen LogP contribution in [0.4, 0.5) is 10.1 Å². The lowest BCUT2D eigenvalue weighted by Crippen LogP contribution is -1.95. The summed E-state index contributed by atoms with van der Waals surface area (Å²) in [6.45, 7) is 0. The number of benzene rings is 1. The Bertz CT molecular complexity index is 565. The molecule has 0 saturated heterocycles. The number of halogens is 3. The molecule has 0 aliphatic rings. The molecule has 1 heterocycles. The number of nitrogen functional groups attached to an aromatic ring is 1. The van der Waals surface area contributed by atoms with Crippen molar-refractivity contribution in [2.75, 3.05) is 5.73 Å². The van der Waals surface area contributed by atoms with Gasteiger partial charge in [0.1, 0.15) is 11.6 Å². The van der Waals surface area contributed by atoms with Crippen LogP contribution in [0.3, 0.4) is 0 Å². The van der Waals surface area contributed by atoms with Crippen molar-refractivity contribution in [3.63, 3.8) is 0 Å². The number of nitrogens with two attached hydrogens (primary N) is 1. The average molecular weight is 318 g/mol. The van der Waals surface area contributed by atoms with Gasteiger partial charge in [0.25, 0.3) is 0 Å². The molecule has 0 aliphatic carbocycles. The Morgan fingerprint density at radius 1 is 1.35 bits per heavy atom. The first-order chi connectivity index (χ1) is 8.06. The van der Waals surface area contributed by atoms with Crippen molar-refractivity contribution in [2.24, 2.45) is 0 Å². The van der Waals surface area contributed by atoms with Crippen LogP contribution in [-0.4, -0.2) is 4.98 Å². The fraction of sp³-hybridized carbons (Fsp3) is 0. The van der Waals surface area contributed by atoms with Gasteiger partial charge in [-0.1, -0.05) is 11.6 Å². The molecule has 2 rings (SSSR count). The molecule has 0 bridgehead atoms. The molecule has 0 amide bonds. The maximum atomic E-state index is 13.2. The lowest BCUT2D eigenvalue weighted by molar-refractivity contribution is 0.460. The molecule has 0 unspecified atom stereocenters. The number of nitrogens with zero attached hydrogens (tertiary/aromatic N) is 1. The summed E-state index contributed by atoms with van der Waals surface area (Å²) in [7, 11) is 0. The van der Waals surface area contributed by atoms with E-state index in [9.17, 15) is 4.39 Å². The van der Waals surface area contributed by atoms with Crippen LogP contribution in [0.25, 0.3) is 0 Å². The van der Waals surface area contributed by atoms with Crippen LogP contribution < -0.4 is 10.5 Å². The van der Waals surface area contributed by atoms with Gasteiger partial charge in [-0.15, -0.1) is 0 Å². The van der Waals surface area contributed by atoms with Gasteiger partial charge in [0.05, 0.1) is 10.7 Å². The highest BCUT2D eigenvalue weighted by molar-refractivity contribution is 9.10. The summed E-state index contributed by atoms with van der Waals surface area (Å²) in [5, 5.41) is 0.0362. The molecular formula is C11H7BrClFN2O. The van der Waals surface area contributed by atoms with E-state index < -0.39 is 5.82 Å². The lowest BCUT2D eigenvalue weighted by Gasteiger charge is -2.07. The third-order valence-corrected chi connectivity index (χ3v) is 2.69. The summed E-state index contributed by atoms with van der Waals surface area (Å²) < 4.78 is 19.3. The smallest absolute Gasteiger partial charge is 0.242 e. The van der Waals surface area contributed by atoms with E-state index in [1.54, 1.807) is 6.07 Å². The van der Waals surface area contributed by atoms with Gasteiger partial charge in [-0.25, -0.2) is 9.37 Å². The fourth-order valence-electron chi connectivity index (χ4n) is 1.18. The summed E-state index contributed by atoms with van der Waals surface area (Å²) in [6, 6.07) is 5.76. The molecule has 0 spiro atoms. The van der Waals surface area contributed by atoms with Gasteiger partial charge in [0.2, 0.25) is 5.88 Å². The van der Waals surface area contributed by atoms with Crippen molar-refractivity contribution >= 4 is 33.2 Å². The Balaban J connectivity index is 2.28. The molecule has 0 radical (unpaired) electrons. The van der Waals surface area contributed by atoms with Crippen molar-refractivity contribution in [3.8, 4) is 11.6 Å². The minimum Gasteiger partial charge on any atom is -0.437 e. The quantitative estimate of drug-likeness (QED) is 0.910. The van der Waals surface area contributed by atoms with E-state index in [0.29, 0.717) is 5.69 Å². The second-order valence-corrected chi connectivity index (χ2v) is 4.55. The minimum absolute atomic E-state index is 0.0362. The molecule has 88 valence electrons. The van der Waals surface area contributed by atoms with Crippen molar-refractivity contribution in [1.82, 2.24) is 4.98 Å². The van der Waals surface area contributed by atoms with E-state index in [0.717, 1.165) is 4.47 Å². The SMILES string of the molecule is Nc1cc(Br)cnc1Oc1ccc(Cl)c(F)c1. The molecule has 1 aromatic carbocycles. The highest BCUT2D eigenvalue weighted by Gasteiger charge is 2.07. The van der Waals surface area contributed by atoms with Crippen molar-refractivity contribution in [2.45, 2.75) is 0 Å². The highest BCUT2D eigenvalue weighted by Crippen LogP contribution is 2.28. The molecular weight excluding hydrogens is 310 g/mol. The van der Waals surface area contributed by atoms with Crippen LogP contribution in [-0.2, 0) is 0 Å². The average Bonchev–Trinajstić information content (AvgIpc) is 2.27. The Kier molecular flexibility index (Phi) is 3.49. The monoisotopic (exact) mass is 316 g/mol. The van der Waals surface area contributed by atoms with Crippen LogP contribution in [0.15, 0.2) is 34.9 Å². The molecule has 0 atom stereocenters. The Labute approximate surface area is 110 Å². The van der Waals surface area contributed by atoms with E-state index in [4.69, 9.17) is 22.1 Å². The predicted molar refractivity (Wildman–Crippen MR) is 67.8 cm³/mol. The Morgan fingerprint density at radius 2 is 2.12 bits per heavy atom. The third-order valence-electron chi connectivity index (χ3n) is 1.95. The number of pyridine rings is 1. The molecule has 0 fully saturated rings. The van der Waals surface area contributed by atoms with Gasteiger partial charge in [0, 0.05) is 16.7 Å². The Morgan fingerprint density at radius 3 is 2.76 bits per heavy atom. The van der Waals surface area contributed by atoms with Gasteiger partial charge in [-0.05, 0) is 34.1 Å². The summed E-state index contributed by atoms with van der Waals surface area (Å²) in [6.07, 6.45) is 1.54. The first-order valence-electron chi connectivity index (χ1n) is 4.60. The largest absolute Gasteiger partial charge is 0.437 e. The minimum atomic E-state index is -0.556. The van der Waals surface area contributed by atoms with Gasteiger partial charge in [0.15, 0.2) is 0 Å². The zero-order valence-electron chi connectivity index (χ0n) is 8.45. The molecule has 2 aromatic rings. The first kappa shape index (κ1) is 12.1. The van der Waals surface area contributed by atoms with E-state index in [-0.39, 0.29) is 16.7 Å².